The lowest BCUT2D eigenvalue weighted by molar-refractivity contribution is 0.190. The first-order valence-corrected chi connectivity index (χ1v) is 6.86. The molecule has 3 heteroatoms. The molecule has 0 radical (unpaired) electrons. The van der Waals surface area contributed by atoms with Crippen molar-refractivity contribution in [3.05, 3.63) is 0 Å². The Morgan fingerprint density at radius 1 is 1.06 bits per heavy atom. The third kappa shape index (κ3) is 2.72. The Morgan fingerprint density at radius 2 is 1.88 bits per heavy atom. The normalized spacial score (nSPS) is 35.2. The summed E-state index contributed by atoms with van der Waals surface area (Å²) in [6.07, 6.45) is 8.84. The number of piperidine rings is 2. The van der Waals surface area contributed by atoms with E-state index in [0.29, 0.717) is 0 Å². The molecule has 16 heavy (non-hydrogen) atoms. The van der Waals surface area contributed by atoms with Crippen LogP contribution in [0.15, 0.2) is 0 Å². The molecule has 2 saturated heterocycles. The number of likely N-dealkylation sites (tertiary alicyclic amines) is 1. The molecule has 2 nitrogen and oxygen atoms in total. The van der Waals surface area contributed by atoms with Crippen molar-refractivity contribution in [1.82, 2.24) is 10.2 Å². The summed E-state index contributed by atoms with van der Waals surface area (Å²) in [4.78, 5) is 2.79. The highest BCUT2D eigenvalue weighted by molar-refractivity contribution is 5.85. The van der Waals surface area contributed by atoms with Crippen molar-refractivity contribution < 1.29 is 0 Å². The van der Waals surface area contributed by atoms with E-state index in [1.54, 1.807) is 0 Å². The quantitative estimate of drug-likeness (QED) is 0.820. The monoisotopic (exact) mass is 244 g/mol. The third-order valence-corrected chi connectivity index (χ3v) is 4.81. The number of hydrogen-bond donors (Lipinski definition) is 1. The van der Waals surface area contributed by atoms with Crippen molar-refractivity contribution in [2.24, 2.45) is 11.8 Å². The van der Waals surface area contributed by atoms with Crippen LogP contribution in [-0.2, 0) is 0 Å². The second-order valence-electron chi connectivity index (χ2n) is 5.81. The SMILES string of the molecule is C1CC(CCN2CC3CCC2C3)CCN1.Cl. The molecule has 0 spiro atoms. The van der Waals surface area contributed by atoms with Crippen molar-refractivity contribution in [3.8, 4) is 0 Å². The zero-order valence-electron chi connectivity index (χ0n) is 10.2. The van der Waals surface area contributed by atoms with Crippen LogP contribution in [-0.4, -0.2) is 37.1 Å². The summed E-state index contributed by atoms with van der Waals surface area (Å²) >= 11 is 0. The van der Waals surface area contributed by atoms with Gasteiger partial charge in [0, 0.05) is 12.6 Å². The zero-order chi connectivity index (χ0) is 10.1. The molecule has 0 aromatic rings. The lowest BCUT2D eigenvalue weighted by Gasteiger charge is -2.30. The molecule has 0 aromatic carbocycles. The van der Waals surface area contributed by atoms with Crippen molar-refractivity contribution in [1.29, 1.82) is 0 Å². The molecule has 2 heterocycles. The zero-order valence-corrected chi connectivity index (χ0v) is 11.0. The van der Waals surface area contributed by atoms with Gasteiger partial charge in [-0.25, -0.2) is 0 Å². The summed E-state index contributed by atoms with van der Waals surface area (Å²) in [6.45, 7) is 5.34. The van der Waals surface area contributed by atoms with E-state index in [1.165, 1.54) is 64.7 Å². The predicted octanol–water partition coefficient (Wildman–Crippen LogP) is 2.28. The van der Waals surface area contributed by atoms with E-state index in [-0.39, 0.29) is 12.4 Å². The molecule has 94 valence electrons. The van der Waals surface area contributed by atoms with Gasteiger partial charge in [-0.3, -0.25) is 0 Å². The van der Waals surface area contributed by atoms with Gasteiger partial charge < -0.3 is 10.2 Å². The molecule has 1 saturated carbocycles. The Morgan fingerprint density at radius 3 is 2.50 bits per heavy atom. The van der Waals surface area contributed by atoms with Gasteiger partial charge in [-0.2, -0.15) is 0 Å². The number of fused-ring (bicyclic) bond motifs is 2. The smallest absolute Gasteiger partial charge is 0.00985 e. The Hall–Kier alpha value is 0.210. The van der Waals surface area contributed by atoms with Crippen LogP contribution in [0.1, 0.15) is 38.5 Å². The number of nitrogens with one attached hydrogen (secondary N) is 1. The number of halogens is 1. The van der Waals surface area contributed by atoms with Crippen LogP contribution in [0.5, 0.6) is 0 Å². The maximum atomic E-state index is 3.46. The van der Waals surface area contributed by atoms with E-state index in [4.69, 9.17) is 0 Å². The lowest BCUT2D eigenvalue weighted by Crippen LogP contribution is -2.35. The highest BCUT2D eigenvalue weighted by atomic mass is 35.5. The second-order valence-corrected chi connectivity index (χ2v) is 5.81. The number of hydrogen-bond acceptors (Lipinski definition) is 2. The lowest BCUT2D eigenvalue weighted by atomic mass is 9.94. The van der Waals surface area contributed by atoms with Crippen molar-refractivity contribution in [3.63, 3.8) is 0 Å². The largest absolute Gasteiger partial charge is 0.317 e. The molecule has 3 fully saturated rings. The summed E-state index contributed by atoms with van der Waals surface area (Å²) in [5.41, 5.74) is 0. The van der Waals surface area contributed by atoms with E-state index in [9.17, 15) is 0 Å². The minimum Gasteiger partial charge on any atom is -0.317 e. The number of rotatable bonds is 3. The average molecular weight is 245 g/mol. The van der Waals surface area contributed by atoms with Gasteiger partial charge in [0.2, 0.25) is 0 Å². The van der Waals surface area contributed by atoms with E-state index in [1.807, 2.05) is 0 Å². The summed E-state index contributed by atoms with van der Waals surface area (Å²) < 4.78 is 0. The molecular formula is C13H25ClN2. The first-order chi connectivity index (χ1) is 7.42. The molecule has 0 amide bonds. The van der Waals surface area contributed by atoms with Crippen molar-refractivity contribution >= 4 is 12.4 Å². The van der Waals surface area contributed by atoms with E-state index in [0.717, 1.165) is 17.9 Å². The van der Waals surface area contributed by atoms with Crippen LogP contribution >= 0.6 is 12.4 Å². The van der Waals surface area contributed by atoms with Gasteiger partial charge in [-0.15, -0.1) is 12.4 Å². The summed E-state index contributed by atoms with van der Waals surface area (Å²) in [5.74, 6) is 2.09. The second kappa shape index (κ2) is 5.70. The van der Waals surface area contributed by atoms with Crippen LogP contribution in [0.2, 0.25) is 0 Å². The van der Waals surface area contributed by atoms with Crippen molar-refractivity contribution in [2.75, 3.05) is 26.2 Å². The molecule has 2 atom stereocenters. The first kappa shape index (κ1) is 12.7. The maximum absolute atomic E-state index is 3.46. The Bertz CT molecular complexity index is 216. The van der Waals surface area contributed by atoms with Gasteiger partial charge in [0.1, 0.15) is 0 Å². The first-order valence-electron chi connectivity index (χ1n) is 6.86. The average Bonchev–Trinajstić information content (AvgIpc) is 2.89. The van der Waals surface area contributed by atoms with Crippen LogP contribution < -0.4 is 5.32 Å². The highest BCUT2D eigenvalue weighted by Crippen LogP contribution is 2.37. The number of nitrogens with zero attached hydrogens (tertiary/aromatic N) is 1. The van der Waals surface area contributed by atoms with Crippen LogP contribution in [0, 0.1) is 11.8 Å². The Balaban J connectivity index is 0.000000963. The summed E-state index contributed by atoms with van der Waals surface area (Å²) in [5, 5.41) is 3.46. The fourth-order valence-corrected chi connectivity index (χ4v) is 3.82. The van der Waals surface area contributed by atoms with Gasteiger partial charge in [0.15, 0.2) is 0 Å². The summed E-state index contributed by atoms with van der Waals surface area (Å²) in [7, 11) is 0. The molecule has 2 bridgehead atoms. The van der Waals surface area contributed by atoms with E-state index < -0.39 is 0 Å². The van der Waals surface area contributed by atoms with Gasteiger partial charge in [-0.1, -0.05) is 0 Å². The van der Waals surface area contributed by atoms with E-state index in [2.05, 4.69) is 10.2 Å². The molecule has 1 N–H and O–H groups in total. The topological polar surface area (TPSA) is 15.3 Å². The fraction of sp³-hybridized carbons (Fsp3) is 1.00. The minimum atomic E-state index is 0. The third-order valence-electron chi connectivity index (χ3n) is 4.81. The molecule has 3 aliphatic rings. The molecule has 2 aliphatic heterocycles. The molecule has 1 aliphatic carbocycles. The van der Waals surface area contributed by atoms with E-state index >= 15 is 0 Å². The molecule has 0 aromatic heterocycles. The molecule has 2 unspecified atom stereocenters. The molecular weight excluding hydrogens is 220 g/mol. The standard InChI is InChI=1S/C13H24N2.ClH/c1-2-13-9-12(1)10-15(13)8-5-11-3-6-14-7-4-11;/h11-14H,1-10H2;1H. The fourth-order valence-electron chi connectivity index (χ4n) is 3.82. The highest BCUT2D eigenvalue weighted by Gasteiger charge is 2.37. The Kier molecular flexibility index (Phi) is 4.51. The summed E-state index contributed by atoms with van der Waals surface area (Å²) in [6, 6.07) is 0.983. The Labute approximate surface area is 106 Å². The van der Waals surface area contributed by atoms with Gasteiger partial charge in [0.25, 0.3) is 0 Å². The predicted molar refractivity (Wildman–Crippen MR) is 70.2 cm³/mol. The van der Waals surface area contributed by atoms with Gasteiger partial charge in [0.05, 0.1) is 0 Å². The van der Waals surface area contributed by atoms with Crippen LogP contribution in [0.25, 0.3) is 0 Å². The maximum Gasteiger partial charge on any atom is 0.00985 e. The van der Waals surface area contributed by atoms with Gasteiger partial charge >= 0.3 is 0 Å². The van der Waals surface area contributed by atoms with Crippen LogP contribution in [0.4, 0.5) is 0 Å². The van der Waals surface area contributed by atoms with Gasteiger partial charge in [-0.05, 0) is 70.0 Å². The van der Waals surface area contributed by atoms with Crippen molar-refractivity contribution in [2.45, 2.75) is 44.6 Å². The molecule has 3 rings (SSSR count). The van der Waals surface area contributed by atoms with Crippen LogP contribution in [0.3, 0.4) is 0 Å². The minimum absolute atomic E-state index is 0.